The molecule has 0 saturated heterocycles. The molecule has 10 heteroatoms. The van der Waals surface area contributed by atoms with E-state index in [1.54, 1.807) is 6.92 Å². The van der Waals surface area contributed by atoms with E-state index in [0.717, 1.165) is 19.3 Å². The third kappa shape index (κ3) is 32.2. The summed E-state index contributed by atoms with van der Waals surface area (Å²) in [7, 11) is -4.37. The van der Waals surface area contributed by atoms with E-state index in [1.807, 2.05) is 0 Å². The molecule has 0 aromatic carbocycles. The van der Waals surface area contributed by atoms with Crippen LogP contribution in [0.25, 0.3) is 0 Å². The topological polar surface area (TPSA) is 131 Å². The predicted molar refractivity (Wildman–Crippen MR) is 174 cm³/mol. The van der Waals surface area contributed by atoms with Crippen LogP contribution in [0, 0.1) is 0 Å². The summed E-state index contributed by atoms with van der Waals surface area (Å²) in [4.78, 5) is 32.6. The number of nitrogens with one attached hydrogen (secondary N) is 1. The SMILES string of the molecule is CCCCCCCCCCCCCCCCCCCCCCCCC(=O)NCCOP(=O)(O)OCC(O)COC(=O)CC. The van der Waals surface area contributed by atoms with Crippen LogP contribution in [-0.4, -0.2) is 54.3 Å². The molecule has 0 radical (unpaired) electrons. The van der Waals surface area contributed by atoms with Gasteiger partial charge in [-0.3, -0.25) is 18.6 Å². The molecule has 1 amide bonds. The quantitative estimate of drug-likeness (QED) is 0.0371. The maximum Gasteiger partial charge on any atom is 0.472 e. The Bertz CT molecular complexity index is 694. The number of phosphoric ester groups is 1. The van der Waals surface area contributed by atoms with Gasteiger partial charge in [0.2, 0.25) is 5.91 Å². The standard InChI is InChI=1S/C33H66NO8P/c1-3-5-6-7-8-9-10-11-12-13-14-15-16-17-18-19-20-21-22-23-24-25-26-32(36)34-27-28-41-43(38,39)42-30-31(35)29-40-33(37)4-2/h31,35H,3-30H2,1-2H3,(H,34,36)(H,38,39). The van der Waals surface area contributed by atoms with Crippen molar-refractivity contribution in [3.8, 4) is 0 Å². The summed E-state index contributed by atoms with van der Waals surface area (Å²) in [6.07, 6.45) is 28.6. The molecular weight excluding hydrogens is 569 g/mol. The Morgan fingerprint density at radius 2 is 1.07 bits per heavy atom. The number of hydrogen-bond acceptors (Lipinski definition) is 7. The summed E-state index contributed by atoms with van der Waals surface area (Å²) >= 11 is 0. The molecule has 9 nitrogen and oxygen atoms in total. The van der Waals surface area contributed by atoms with Crippen molar-refractivity contribution in [1.29, 1.82) is 0 Å². The van der Waals surface area contributed by atoms with Crippen molar-refractivity contribution in [2.75, 3.05) is 26.4 Å². The predicted octanol–water partition coefficient (Wildman–Crippen LogP) is 8.54. The molecule has 0 rings (SSSR count). The summed E-state index contributed by atoms with van der Waals surface area (Å²) in [5.41, 5.74) is 0. The van der Waals surface area contributed by atoms with Crippen LogP contribution in [0.4, 0.5) is 0 Å². The first-order valence-corrected chi connectivity index (χ1v) is 19.0. The summed E-state index contributed by atoms with van der Waals surface area (Å²) in [6, 6.07) is 0. The van der Waals surface area contributed by atoms with Gasteiger partial charge < -0.3 is 20.1 Å². The molecule has 0 saturated carbocycles. The molecule has 0 bridgehead atoms. The number of hydrogen-bond donors (Lipinski definition) is 3. The number of aliphatic hydroxyl groups is 1. The van der Waals surface area contributed by atoms with Gasteiger partial charge in [0, 0.05) is 19.4 Å². The van der Waals surface area contributed by atoms with Gasteiger partial charge in [-0.15, -0.1) is 0 Å². The highest BCUT2D eigenvalue weighted by Crippen LogP contribution is 2.42. The van der Waals surface area contributed by atoms with E-state index in [1.165, 1.54) is 122 Å². The van der Waals surface area contributed by atoms with Gasteiger partial charge >= 0.3 is 13.8 Å². The average Bonchev–Trinajstić information content (AvgIpc) is 2.99. The van der Waals surface area contributed by atoms with Crippen molar-refractivity contribution in [1.82, 2.24) is 5.32 Å². The lowest BCUT2D eigenvalue weighted by atomic mass is 10.0. The fraction of sp³-hybridized carbons (Fsp3) is 0.939. The first-order chi connectivity index (χ1) is 20.8. The number of amides is 1. The van der Waals surface area contributed by atoms with Crippen LogP contribution in [-0.2, 0) is 27.9 Å². The van der Waals surface area contributed by atoms with Gasteiger partial charge in [-0.2, -0.15) is 0 Å². The first-order valence-electron chi connectivity index (χ1n) is 17.5. The number of rotatable bonds is 33. The van der Waals surface area contributed by atoms with Crippen LogP contribution in [0.2, 0.25) is 0 Å². The second-order valence-corrected chi connectivity index (χ2v) is 13.3. The molecule has 0 heterocycles. The van der Waals surface area contributed by atoms with E-state index >= 15 is 0 Å². The molecule has 0 fully saturated rings. The third-order valence-corrected chi connectivity index (χ3v) is 8.58. The van der Waals surface area contributed by atoms with Crippen LogP contribution in [0.5, 0.6) is 0 Å². The van der Waals surface area contributed by atoms with E-state index < -0.39 is 26.5 Å². The molecule has 3 N–H and O–H groups in total. The second kappa shape index (κ2) is 31.0. The molecule has 2 unspecified atom stereocenters. The van der Waals surface area contributed by atoms with Gasteiger partial charge in [-0.1, -0.05) is 149 Å². The molecule has 0 aromatic rings. The largest absolute Gasteiger partial charge is 0.472 e. The molecular formula is C33H66NO8P. The Morgan fingerprint density at radius 1 is 0.651 bits per heavy atom. The molecule has 256 valence electrons. The average molecular weight is 636 g/mol. The highest BCUT2D eigenvalue weighted by Gasteiger charge is 2.23. The Hall–Kier alpha value is -0.990. The Labute approximate surface area is 263 Å². The minimum absolute atomic E-state index is 0.0860. The lowest BCUT2D eigenvalue weighted by Crippen LogP contribution is -2.27. The minimum Gasteiger partial charge on any atom is -0.463 e. The number of phosphoric acid groups is 1. The fourth-order valence-corrected chi connectivity index (χ4v) is 5.65. The number of aliphatic hydroxyl groups excluding tert-OH is 1. The smallest absolute Gasteiger partial charge is 0.463 e. The summed E-state index contributed by atoms with van der Waals surface area (Å²) in [5.74, 6) is -0.599. The maximum absolute atomic E-state index is 11.9. The number of carbonyl (C=O) groups excluding carboxylic acids is 2. The maximum atomic E-state index is 11.9. The third-order valence-electron chi connectivity index (χ3n) is 7.59. The van der Waals surface area contributed by atoms with Crippen molar-refractivity contribution >= 4 is 19.7 Å². The van der Waals surface area contributed by atoms with Crippen molar-refractivity contribution in [2.24, 2.45) is 0 Å². The Kier molecular flexibility index (Phi) is 30.3. The zero-order valence-electron chi connectivity index (χ0n) is 27.7. The van der Waals surface area contributed by atoms with E-state index in [0.29, 0.717) is 6.42 Å². The number of ether oxygens (including phenoxy) is 1. The summed E-state index contributed by atoms with van der Waals surface area (Å²) < 4.78 is 26.0. The van der Waals surface area contributed by atoms with Gasteiger partial charge in [0.1, 0.15) is 12.7 Å². The molecule has 0 aliphatic heterocycles. The number of carbonyl (C=O) groups is 2. The van der Waals surface area contributed by atoms with Crippen LogP contribution >= 0.6 is 7.82 Å². The molecule has 2 atom stereocenters. The molecule has 0 aromatic heterocycles. The van der Waals surface area contributed by atoms with Gasteiger partial charge in [0.25, 0.3) is 0 Å². The normalized spacial score (nSPS) is 13.5. The lowest BCUT2D eigenvalue weighted by molar-refractivity contribution is -0.146. The highest BCUT2D eigenvalue weighted by atomic mass is 31.2. The van der Waals surface area contributed by atoms with Crippen molar-refractivity contribution in [2.45, 2.75) is 174 Å². The van der Waals surface area contributed by atoms with Crippen molar-refractivity contribution in [3.05, 3.63) is 0 Å². The molecule has 0 spiro atoms. The van der Waals surface area contributed by atoms with E-state index in [-0.39, 0.29) is 32.1 Å². The Morgan fingerprint density at radius 3 is 1.49 bits per heavy atom. The fourth-order valence-electron chi connectivity index (χ4n) is 4.89. The minimum atomic E-state index is -4.37. The monoisotopic (exact) mass is 635 g/mol. The van der Waals surface area contributed by atoms with Gasteiger partial charge in [-0.25, -0.2) is 4.57 Å². The first kappa shape index (κ1) is 42.0. The van der Waals surface area contributed by atoms with Gasteiger partial charge in [0.05, 0.1) is 13.2 Å². The van der Waals surface area contributed by atoms with Crippen LogP contribution in [0.1, 0.15) is 168 Å². The Balaban J connectivity index is 3.38. The summed E-state index contributed by atoms with van der Waals surface area (Å²) in [5, 5.41) is 12.3. The molecule has 0 aliphatic carbocycles. The van der Waals surface area contributed by atoms with Crippen LogP contribution in [0.15, 0.2) is 0 Å². The summed E-state index contributed by atoms with van der Waals surface area (Å²) in [6.45, 7) is 2.94. The lowest BCUT2D eigenvalue weighted by Gasteiger charge is -2.15. The van der Waals surface area contributed by atoms with Crippen molar-refractivity contribution in [3.63, 3.8) is 0 Å². The van der Waals surface area contributed by atoms with Crippen LogP contribution in [0.3, 0.4) is 0 Å². The van der Waals surface area contributed by atoms with E-state index in [4.69, 9.17) is 9.26 Å². The zero-order valence-corrected chi connectivity index (χ0v) is 28.6. The van der Waals surface area contributed by atoms with E-state index in [2.05, 4.69) is 16.8 Å². The zero-order chi connectivity index (χ0) is 31.9. The van der Waals surface area contributed by atoms with Gasteiger partial charge in [-0.05, 0) is 6.42 Å². The highest BCUT2D eigenvalue weighted by molar-refractivity contribution is 7.47. The number of esters is 1. The number of unbranched alkanes of at least 4 members (excludes halogenated alkanes) is 21. The van der Waals surface area contributed by atoms with E-state index in [9.17, 15) is 24.2 Å². The molecule has 43 heavy (non-hydrogen) atoms. The second-order valence-electron chi connectivity index (χ2n) is 11.8. The van der Waals surface area contributed by atoms with Crippen LogP contribution < -0.4 is 5.32 Å². The molecule has 0 aliphatic rings. The van der Waals surface area contributed by atoms with Crippen molar-refractivity contribution < 1.29 is 37.9 Å². The van der Waals surface area contributed by atoms with Gasteiger partial charge in [0.15, 0.2) is 0 Å².